The second kappa shape index (κ2) is 5.39. The van der Waals surface area contributed by atoms with Gasteiger partial charge in [-0.05, 0) is 11.4 Å². The second-order valence-electron chi connectivity index (χ2n) is 4.53. The standard InChI is InChI=1S/C12H16N2O3S/c1-8(11(15)16)9-6-14(7-9)12(17)13-5-10-3-2-4-18-10/h2-4,8-9H,5-7H2,1H3,(H,13,17)(H,15,16). The van der Waals surface area contributed by atoms with Crippen molar-refractivity contribution in [2.24, 2.45) is 11.8 Å². The summed E-state index contributed by atoms with van der Waals surface area (Å²) in [6.07, 6.45) is 0. The lowest BCUT2D eigenvalue weighted by atomic mass is 9.87. The number of carboxylic acid groups (broad SMARTS) is 1. The van der Waals surface area contributed by atoms with Crippen molar-refractivity contribution in [2.75, 3.05) is 13.1 Å². The molecular weight excluding hydrogens is 252 g/mol. The lowest BCUT2D eigenvalue weighted by Crippen LogP contribution is -2.56. The minimum atomic E-state index is -0.793. The van der Waals surface area contributed by atoms with E-state index >= 15 is 0 Å². The van der Waals surface area contributed by atoms with Crippen molar-refractivity contribution >= 4 is 23.3 Å². The van der Waals surface area contributed by atoms with Crippen LogP contribution in [0.1, 0.15) is 11.8 Å². The minimum absolute atomic E-state index is 0.0787. The van der Waals surface area contributed by atoms with E-state index in [1.165, 1.54) is 0 Å². The summed E-state index contributed by atoms with van der Waals surface area (Å²) in [5.74, 6) is -1.10. The lowest BCUT2D eigenvalue weighted by molar-refractivity contribution is -0.144. The molecule has 0 bridgehead atoms. The molecule has 1 unspecified atom stereocenters. The lowest BCUT2D eigenvalue weighted by Gasteiger charge is -2.41. The molecule has 1 aliphatic heterocycles. The Bertz CT molecular complexity index is 427. The highest BCUT2D eigenvalue weighted by Crippen LogP contribution is 2.24. The number of aliphatic carboxylic acids is 1. The Labute approximate surface area is 109 Å². The number of rotatable bonds is 4. The van der Waals surface area contributed by atoms with Crippen molar-refractivity contribution in [3.05, 3.63) is 22.4 Å². The topological polar surface area (TPSA) is 69.6 Å². The second-order valence-corrected chi connectivity index (χ2v) is 5.56. The van der Waals surface area contributed by atoms with Crippen molar-refractivity contribution in [2.45, 2.75) is 13.5 Å². The summed E-state index contributed by atoms with van der Waals surface area (Å²) in [6.45, 7) is 3.29. The predicted octanol–water partition coefficient (Wildman–Crippen LogP) is 1.61. The van der Waals surface area contributed by atoms with Gasteiger partial charge in [-0.25, -0.2) is 4.79 Å². The summed E-state index contributed by atoms with van der Waals surface area (Å²) in [6, 6.07) is 3.80. The number of likely N-dealkylation sites (tertiary alicyclic amines) is 1. The summed E-state index contributed by atoms with van der Waals surface area (Å²) in [7, 11) is 0. The number of hydrogen-bond acceptors (Lipinski definition) is 3. The van der Waals surface area contributed by atoms with E-state index in [-0.39, 0.29) is 17.9 Å². The molecule has 2 rings (SSSR count). The molecular formula is C12H16N2O3S. The number of nitrogens with one attached hydrogen (secondary N) is 1. The highest BCUT2D eigenvalue weighted by molar-refractivity contribution is 7.09. The highest BCUT2D eigenvalue weighted by Gasteiger charge is 2.36. The third-order valence-electron chi connectivity index (χ3n) is 3.29. The molecule has 98 valence electrons. The van der Waals surface area contributed by atoms with Crippen LogP contribution in [0.3, 0.4) is 0 Å². The van der Waals surface area contributed by atoms with Crippen molar-refractivity contribution in [1.29, 1.82) is 0 Å². The first-order chi connectivity index (χ1) is 8.58. The average Bonchev–Trinajstić information content (AvgIpc) is 2.76. The van der Waals surface area contributed by atoms with Crippen LogP contribution < -0.4 is 5.32 Å². The van der Waals surface area contributed by atoms with Gasteiger partial charge in [0.25, 0.3) is 0 Å². The van der Waals surface area contributed by atoms with Crippen molar-refractivity contribution in [3.8, 4) is 0 Å². The van der Waals surface area contributed by atoms with Gasteiger partial charge in [0.15, 0.2) is 0 Å². The molecule has 0 aliphatic carbocycles. The summed E-state index contributed by atoms with van der Waals surface area (Å²) in [5.41, 5.74) is 0. The highest BCUT2D eigenvalue weighted by atomic mass is 32.1. The number of amides is 2. The van der Waals surface area contributed by atoms with E-state index in [0.717, 1.165) is 4.88 Å². The van der Waals surface area contributed by atoms with Crippen molar-refractivity contribution in [1.82, 2.24) is 10.2 Å². The maximum atomic E-state index is 11.7. The quantitative estimate of drug-likeness (QED) is 0.871. The molecule has 6 heteroatoms. The van der Waals surface area contributed by atoms with E-state index in [4.69, 9.17) is 5.11 Å². The normalized spacial score (nSPS) is 17.1. The van der Waals surface area contributed by atoms with Crippen LogP contribution in [-0.2, 0) is 11.3 Å². The zero-order chi connectivity index (χ0) is 13.1. The summed E-state index contributed by atoms with van der Waals surface area (Å²) in [4.78, 5) is 25.3. The Hall–Kier alpha value is -1.56. The van der Waals surface area contributed by atoms with E-state index in [0.29, 0.717) is 19.6 Å². The third kappa shape index (κ3) is 2.81. The van der Waals surface area contributed by atoms with E-state index in [2.05, 4.69) is 5.32 Å². The Morgan fingerprint density at radius 1 is 1.61 bits per heavy atom. The van der Waals surface area contributed by atoms with Gasteiger partial charge in [0.1, 0.15) is 0 Å². The van der Waals surface area contributed by atoms with Gasteiger partial charge in [-0.2, -0.15) is 0 Å². The first kappa shape index (κ1) is 12.9. The summed E-state index contributed by atoms with van der Waals surface area (Å²) in [5, 5.41) is 13.6. The predicted molar refractivity (Wildman–Crippen MR) is 68.4 cm³/mol. The monoisotopic (exact) mass is 268 g/mol. The van der Waals surface area contributed by atoms with Gasteiger partial charge in [-0.1, -0.05) is 13.0 Å². The molecule has 5 nitrogen and oxygen atoms in total. The maximum absolute atomic E-state index is 11.7. The van der Waals surface area contributed by atoms with Gasteiger partial charge >= 0.3 is 12.0 Å². The molecule has 2 heterocycles. The number of carbonyl (C=O) groups excluding carboxylic acids is 1. The molecule has 1 aromatic rings. The molecule has 18 heavy (non-hydrogen) atoms. The van der Waals surface area contributed by atoms with Crippen LogP contribution in [-0.4, -0.2) is 35.1 Å². The molecule has 1 fully saturated rings. The molecule has 0 aromatic carbocycles. The zero-order valence-electron chi connectivity index (χ0n) is 10.1. The van der Waals surface area contributed by atoms with Gasteiger partial charge in [0, 0.05) is 23.9 Å². The fourth-order valence-corrected chi connectivity index (χ4v) is 2.53. The molecule has 2 N–H and O–H groups in total. The first-order valence-corrected chi connectivity index (χ1v) is 6.74. The smallest absolute Gasteiger partial charge is 0.317 e. The molecule has 1 atom stereocenters. The van der Waals surface area contributed by atoms with E-state index < -0.39 is 5.97 Å². The van der Waals surface area contributed by atoms with Crippen LogP contribution in [0.5, 0.6) is 0 Å². The number of thiophene rings is 1. The SMILES string of the molecule is CC(C(=O)O)C1CN(C(=O)NCc2cccs2)C1. The molecule has 0 radical (unpaired) electrons. The average molecular weight is 268 g/mol. The zero-order valence-corrected chi connectivity index (χ0v) is 10.9. The van der Waals surface area contributed by atoms with E-state index in [9.17, 15) is 9.59 Å². The van der Waals surface area contributed by atoms with Crippen LogP contribution in [0.15, 0.2) is 17.5 Å². The molecule has 1 aliphatic rings. The van der Waals surface area contributed by atoms with Crippen molar-refractivity contribution in [3.63, 3.8) is 0 Å². The maximum Gasteiger partial charge on any atom is 0.317 e. The van der Waals surface area contributed by atoms with Gasteiger partial charge < -0.3 is 15.3 Å². The summed E-state index contributed by atoms with van der Waals surface area (Å²) < 4.78 is 0. The van der Waals surface area contributed by atoms with E-state index in [1.807, 2.05) is 17.5 Å². The molecule has 0 saturated carbocycles. The fraction of sp³-hybridized carbons (Fsp3) is 0.500. The molecule has 2 amide bonds. The first-order valence-electron chi connectivity index (χ1n) is 5.86. The molecule has 1 saturated heterocycles. The van der Waals surface area contributed by atoms with Gasteiger partial charge in [0.2, 0.25) is 0 Å². The number of carboxylic acids is 1. The number of carbonyl (C=O) groups is 2. The van der Waals surface area contributed by atoms with Crippen LogP contribution in [0.25, 0.3) is 0 Å². The van der Waals surface area contributed by atoms with Crippen molar-refractivity contribution < 1.29 is 14.7 Å². The number of urea groups is 1. The third-order valence-corrected chi connectivity index (χ3v) is 4.16. The number of hydrogen-bond donors (Lipinski definition) is 2. The fourth-order valence-electron chi connectivity index (χ4n) is 1.88. The van der Waals surface area contributed by atoms with E-state index in [1.54, 1.807) is 23.2 Å². The Balaban J connectivity index is 1.71. The number of nitrogens with zero attached hydrogens (tertiary/aromatic N) is 1. The van der Waals surface area contributed by atoms with Crippen LogP contribution in [0.4, 0.5) is 4.79 Å². The minimum Gasteiger partial charge on any atom is -0.481 e. The van der Waals surface area contributed by atoms with Gasteiger partial charge in [-0.3, -0.25) is 4.79 Å². The largest absolute Gasteiger partial charge is 0.481 e. The molecule has 1 aromatic heterocycles. The van der Waals surface area contributed by atoms with Gasteiger partial charge in [0.05, 0.1) is 12.5 Å². The Morgan fingerprint density at radius 3 is 2.89 bits per heavy atom. The van der Waals surface area contributed by atoms with Crippen LogP contribution >= 0.6 is 11.3 Å². The Kier molecular flexibility index (Phi) is 3.86. The van der Waals surface area contributed by atoms with Crippen LogP contribution in [0, 0.1) is 11.8 Å². The Morgan fingerprint density at radius 2 is 2.33 bits per heavy atom. The summed E-state index contributed by atoms with van der Waals surface area (Å²) >= 11 is 1.60. The molecule has 0 spiro atoms. The van der Waals surface area contributed by atoms with Gasteiger partial charge in [-0.15, -0.1) is 11.3 Å². The van der Waals surface area contributed by atoms with Crippen LogP contribution in [0.2, 0.25) is 0 Å².